The van der Waals surface area contributed by atoms with Crippen molar-refractivity contribution in [3.05, 3.63) is 0 Å². The van der Waals surface area contributed by atoms with Crippen LogP contribution in [0.5, 0.6) is 0 Å². The molecule has 0 atom stereocenters. The Labute approximate surface area is 158 Å². The molecule has 0 aromatic rings. The molecule has 0 unspecified atom stereocenters. The Bertz CT molecular complexity index is 281. The van der Waals surface area contributed by atoms with Gasteiger partial charge in [0.15, 0.2) is 0 Å². The molecule has 0 aliphatic carbocycles. The van der Waals surface area contributed by atoms with Crippen LogP contribution < -0.4 is 0 Å². The summed E-state index contributed by atoms with van der Waals surface area (Å²) >= 11 is 0. The summed E-state index contributed by atoms with van der Waals surface area (Å²) in [5.74, 6) is 0. The second kappa shape index (κ2) is 17.9. The summed E-state index contributed by atoms with van der Waals surface area (Å²) in [5.41, 5.74) is 0. The molecular formula is C19H46O4P2. The van der Waals surface area contributed by atoms with E-state index >= 15 is 0 Å². The van der Waals surface area contributed by atoms with Gasteiger partial charge in [0.2, 0.25) is 0 Å². The normalized spacial score (nSPS) is 12.6. The van der Waals surface area contributed by atoms with Gasteiger partial charge in [0.1, 0.15) is 0 Å². The predicted molar refractivity (Wildman–Crippen MR) is 116 cm³/mol. The molecule has 0 aliphatic heterocycles. The maximum Gasteiger partial charge on any atom is 0.469 e. The van der Waals surface area contributed by atoms with Crippen molar-refractivity contribution < 1.29 is 18.9 Å². The third-order valence-corrected chi connectivity index (χ3v) is 10.9. The van der Waals surface area contributed by atoms with Crippen molar-refractivity contribution in [3.8, 4) is 0 Å². The van der Waals surface area contributed by atoms with E-state index in [0.29, 0.717) is 6.42 Å². The zero-order valence-corrected chi connectivity index (χ0v) is 19.5. The first-order valence-corrected chi connectivity index (χ1v) is 14.9. The number of phosphoric acid groups is 1. The van der Waals surface area contributed by atoms with Gasteiger partial charge in [-0.1, -0.05) is 6.92 Å². The molecule has 0 fully saturated rings. The number of phosphoric ester groups is 1. The molecule has 25 heavy (non-hydrogen) atoms. The van der Waals surface area contributed by atoms with Gasteiger partial charge in [-0.05, 0) is 6.42 Å². The molecule has 6 heteroatoms. The van der Waals surface area contributed by atoms with Gasteiger partial charge in [-0.3, -0.25) is 4.52 Å². The second-order valence-electron chi connectivity index (χ2n) is 7.24. The Morgan fingerprint density at radius 3 is 1.16 bits per heavy atom. The molecule has 0 aromatic heterocycles. The van der Waals surface area contributed by atoms with Crippen molar-refractivity contribution in [1.29, 1.82) is 0 Å². The van der Waals surface area contributed by atoms with Crippen molar-refractivity contribution in [3.63, 3.8) is 0 Å². The van der Waals surface area contributed by atoms with Crippen molar-refractivity contribution in [2.75, 3.05) is 31.3 Å². The van der Waals surface area contributed by atoms with Gasteiger partial charge >= 0.3 is 119 Å². The zero-order chi connectivity index (χ0) is 19.6. The predicted octanol–water partition coefficient (Wildman–Crippen LogP) is 6.44. The van der Waals surface area contributed by atoms with Gasteiger partial charge in [0, 0.05) is 0 Å². The first kappa shape index (κ1) is 27.8. The maximum atomic E-state index is 9.86. The number of unbranched alkanes of at least 4 members (excludes halogenated alkanes) is 4. The first-order chi connectivity index (χ1) is 11.8. The molecule has 0 heterocycles. The molecule has 156 valence electrons. The second-order valence-corrected chi connectivity index (χ2v) is 13.5. The van der Waals surface area contributed by atoms with E-state index in [2.05, 4.69) is 32.2 Å². The fraction of sp³-hybridized carbons (Fsp3) is 1.00. The Balaban J connectivity index is 0. The summed E-state index contributed by atoms with van der Waals surface area (Å²) in [4.78, 5) is 16.1. The van der Waals surface area contributed by atoms with E-state index in [-0.39, 0.29) is 6.61 Å². The Morgan fingerprint density at radius 1 is 0.680 bits per heavy atom. The van der Waals surface area contributed by atoms with E-state index in [4.69, 9.17) is 9.79 Å². The van der Waals surface area contributed by atoms with Crippen LogP contribution in [0, 0.1) is 0 Å². The van der Waals surface area contributed by atoms with Gasteiger partial charge in [-0.15, -0.1) is 0 Å². The van der Waals surface area contributed by atoms with Crippen LogP contribution in [-0.2, 0) is 9.09 Å². The molecule has 0 amide bonds. The number of hydrogen-bond donors (Lipinski definition) is 2. The summed E-state index contributed by atoms with van der Waals surface area (Å²) in [6.45, 7) is 11.3. The minimum atomic E-state index is -4.18. The van der Waals surface area contributed by atoms with E-state index in [0.717, 1.165) is 0 Å². The molecule has 2 N–H and O–H groups in total. The van der Waals surface area contributed by atoms with Crippen LogP contribution in [0.4, 0.5) is 0 Å². The van der Waals surface area contributed by atoms with Gasteiger partial charge in [0.05, 0.1) is 6.61 Å². The molecular weight excluding hydrogens is 354 g/mol. The average molecular weight is 401 g/mol. The molecule has 4 nitrogen and oxygen atoms in total. The van der Waals surface area contributed by atoms with E-state index in [1.165, 1.54) is 51.4 Å². The van der Waals surface area contributed by atoms with Crippen molar-refractivity contribution in [2.24, 2.45) is 0 Å². The smallest absolute Gasteiger partial charge is 0.303 e. The Kier molecular flexibility index (Phi) is 19.9. The number of hydrogen-bond acceptors (Lipinski definition) is 2. The minimum absolute atomic E-state index is 0.115. The monoisotopic (exact) mass is 400 g/mol. The Hall–Kier alpha value is 0.540. The van der Waals surface area contributed by atoms with Gasteiger partial charge in [0.25, 0.3) is 0 Å². The zero-order valence-electron chi connectivity index (χ0n) is 17.6. The Morgan fingerprint density at radius 2 is 1.00 bits per heavy atom. The van der Waals surface area contributed by atoms with Crippen LogP contribution in [0.1, 0.15) is 92.4 Å². The van der Waals surface area contributed by atoms with Crippen molar-refractivity contribution in [2.45, 2.75) is 92.4 Å². The quantitative estimate of drug-likeness (QED) is 0.310. The molecule has 0 saturated heterocycles. The van der Waals surface area contributed by atoms with Crippen LogP contribution in [0.3, 0.4) is 0 Å². The molecule has 0 saturated carbocycles. The van der Waals surface area contributed by atoms with Gasteiger partial charge in [-0.25, -0.2) is 4.57 Å². The van der Waals surface area contributed by atoms with Crippen LogP contribution in [0.15, 0.2) is 0 Å². The van der Waals surface area contributed by atoms with E-state index in [1.807, 2.05) is 0 Å². The van der Waals surface area contributed by atoms with Crippen LogP contribution in [0.25, 0.3) is 0 Å². The van der Waals surface area contributed by atoms with Crippen LogP contribution in [-0.4, -0.2) is 41.0 Å². The molecule has 0 spiro atoms. The maximum absolute atomic E-state index is 9.86. The van der Waals surface area contributed by atoms with E-state index in [1.54, 1.807) is 31.6 Å². The fourth-order valence-corrected chi connectivity index (χ4v) is 9.50. The third-order valence-electron chi connectivity index (χ3n) is 4.71. The topological polar surface area (TPSA) is 66.8 Å². The standard InChI is InChI=1S/C16H37P.C3H9O4P/c1-5-9-13-17(14-10-6-2,15-11-7-3)16-12-8-4;1-2-3-7-8(4,5)6/h17H,5-16H2,1-4H3;2-3H2,1H3,(H2,4,5,6). The van der Waals surface area contributed by atoms with E-state index < -0.39 is 15.1 Å². The van der Waals surface area contributed by atoms with E-state index in [9.17, 15) is 4.57 Å². The van der Waals surface area contributed by atoms with Crippen molar-refractivity contribution in [1.82, 2.24) is 0 Å². The first-order valence-electron chi connectivity index (χ1n) is 10.5. The summed E-state index contributed by atoms with van der Waals surface area (Å²) in [5, 5.41) is 0. The number of rotatable bonds is 15. The fourth-order valence-electron chi connectivity index (χ4n) is 3.17. The molecule has 0 aliphatic rings. The molecule has 0 radical (unpaired) electrons. The molecule has 0 rings (SSSR count). The summed E-state index contributed by atoms with van der Waals surface area (Å²) in [7, 11) is -5.06. The summed E-state index contributed by atoms with van der Waals surface area (Å²) in [6, 6.07) is 0. The van der Waals surface area contributed by atoms with Gasteiger partial charge in [-0.2, -0.15) is 0 Å². The third kappa shape index (κ3) is 19.1. The van der Waals surface area contributed by atoms with Crippen molar-refractivity contribution >= 4 is 15.1 Å². The molecule has 0 aromatic carbocycles. The molecule has 0 bridgehead atoms. The summed E-state index contributed by atoms with van der Waals surface area (Å²) < 4.78 is 13.9. The summed E-state index contributed by atoms with van der Waals surface area (Å²) in [6.07, 6.45) is 18.8. The SMILES string of the molecule is CCCC[PH](CCCC)(CCCC)CCCC.CCCOP(=O)(O)O. The largest absolute Gasteiger partial charge is 0.469 e. The minimum Gasteiger partial charge on any atom is -0.303 e. The van der Waals surface area contributed by atoms with Crippen LogP contribution >= 0.6 is 15.1 Å². The average Bonchev–Trinajstić information content (AvgIpc) is 2.58. The van der Waals surface area contributed by atoms with Gasteiger partial charge < -0.3 is 9.79 Å². The van der Waals surface area contributed by atoms with Crippen LogP contribution in [0.2, 0.25) is 0 Å².